The van der Waals surface area contributed by atoms with Crippen LogP contribution < -0.4 is 0 Å². The molecule has 0 aromatic heterocycles. The summed E-state index contributed by atoms with van der Waals surface area (Å²) in [5.74, 6) is -1.71. The van der Waals surface area contributed by atoms with Crippen LogP contribution in [0.3, 0.4) is 0 Å². The number of hydrogen-bond donors (Lipinski definition) is 0. The molecule has 0 bridgehead atoms. The van der Waals surface area contributed by atoms with Crippen LogP contribution in [-0.2, 0) is 14.3 Å². The lowest BCUT2D eigenvalue weighted by Gasteiger charge is -2.23. The van der Waals surface area contributed by atoms with Crippen LogP contribution in [-0.4, -0.2) is 29.9 Å². The Balaban J connectivity index is 1.96. The number of carbonyl (C=O) groups is 3. The first-order chi connectivity index (χ1) is 13.4. The number of hydrogen-bond acceptors (Lipinski definition) is 5. The molecule has 0 saturated carbocycles. The zero-order valence-corrected chi connectivity index (χ0v) is 16.5. The van der Waals surface area contributed by atoms with Gasteiger partial charge in [-0.1, -0.05) is 62.4 Å². The SMILES string of the molecule is CC(C)CC(CC(C)OC(=O)C(=O)c1ccccc1)OC(=O)c1ccccc1. The maximum absolute atomic E-state index is 12.3. The molecule has 0 amide bonds. The van der Waals surface area contributed by atoms with Crippen molar-refractivity contribution >= 4 is 17.7 Å². The Labute approximate surface area is 165 Å². The van der Waals surface area contributed by atoms with Gasteiger partial charge in [-0.05, 0) is 31.4 Å². The van der Waals surface area contributed by atoms with Gasteiger partial charge in [-0.2, -0.15) is 0 Å². The third-order valence-corrected chi connectivity index (χ3v) is 4.14. The summed E-state index contributed by atoms with van der Waals surface area (Å²) < 4.78 is 10.9. The molecule has 0 fully saturated rings. The van der Waals surface area contributed by atoms with Crippen molar-refractivity contribution in [1.82, 2.24) is 0 Å². The van der Waals surface area contributed by atoms with Crippen LogP contribution in [0.15, 0.2) is 60.7 Å². The van der Waals surface area contributed by atoms with Gasteiger partial charge in [0.25, 0.3) is 5.78 Å². The van der Waals surface area contributed by atoms with Gasteiger partial charge < -0.3 is 9.47 Å². The zero-order chi connectivity index (χ0) is 20.5. The van der Waals surface area contributed by atoms with Gasteiger partial charge in [0.2, 0.25) is 0 Å². The number of benzene rings is 2. The lowest BCUT2D eigenvalue weighted by molar-refractivity contribution is -0.143. The Hall–Kier alpha value is -2.95. The maximum Gasteiger partial charge on any atom is 0.379 e. The Morgan fingerprint density at radius 2 is 1.29 bits per heavy atom. The number of ketones is 1. The van der Waals surface area contributed by atoms with E-state index < -0.39 is 29.9 Å². The van der Waals surface area contributed by atoms with Crippen molar-refractivity contribution in [3.05, 3.63) is 71.8 Å². The van der Waals surface area contributed by atoms with Gasteiger partial charge in [0.1, 0.15) is 12.2 Å². The van der Waals surface area contributed by atoms with Crippen LogP contribution in [0.5, 0.6) is 0 Å². The number of ether oxygens (including phenoxy) is 2. The second-order valence-corrected chi connectivity index (χ2v) is 7.17. The Bertz CT molecular complexity index is 783. The van der Waals surface area contributed by atoms with E-state index in [0.29, 0.717) is 24.3 Å². The molecule has 2 aromatic rings. The van der Waals surface area contributed by atoms with Crippen molar-refractivity contribution in [2.75, 3.05) is 0 Å². The Kier molecular flexibility index (Phi) is 7.93. The molecule has 2 aromatic carbocycles. The predicted octanol–water partition coefficient (Wildman–Crippen LogP) is 4.46. The van der Waals surface area contributed by atoms with Gasteiger partial charge >= 0.3 is 11.9 Å². The van der Waals surface area contributed by atoms with Crippen molar-refractivity contribution in [2.45, 2.75) is 45.8 Å². The van der Waals surface area contributed by atoms with E-state index in [2.05, 4.69) is 0 Å². The van der Waals surface area contributed by atoms with Gasteiger partial charge in [0.05, 0.1) is 5.56 Å². The van der Waals surface area contributed by atoms with Crippen molar-refractivity contribution < 1.29 is 23.9 Å². The van der Waals surface area contributed by atoms with E-state index in [1.165, 1.54) is 0 Å². The highest BCUT2D eigenvalue weighted by molar-refractivity contribution is 6.40. The van der Waals surface area contributed by atoms with E-state index in [1.807, 2.05) is 19.9 Å². The van der Waals surface area contributed by atoms with E-state index in [4.69, 9.17) is 9.47 Å². The summed E-state index contributed by atoms with van der Waals surface area (Å²) in [4.78, 5) is 36.6. The van der Waals surface area contributed by atoms with Gasteiger partial charge in [-0.15, -0.1) is 0 Å². The highest BCUT2D eigenvalue weighted by Gasteiger charge is 2.25. The highest BCUT2D eigenvalue weighted by Crippen LogP contribution is 2.18. The number of carbonyl (C=O) groups excluding carboxylic acids is 3. The van der Waals surface area contributed by atoms with Crippen molar-refractivity contribution in [3.8, 4) is 0 Å². The van der Waals surface area contributed by atoms with Crippen LogP contribution >= 0.6 is 0 Å². The van der Waals surface area contributed by atoms with Crippen molar-refractivity contribution in [3.63, 3.8) is 0 Å². The summed E-state index contributed by atoms with van der Waals surface area (Å²) in [6, 6.07) is 17.0. The van der Waals surface area contributed by atoms with Gasteiger partial charge in [0, 0.05) is 12.0 Å². The average molecular weight is 382 g/mol. The minimum absolute atomic E-state index is 0.286. The minimum atomic E-state index is -0.906. The number of rotatable bonds is 9. The molecule has 0 radical (unpaired) electrons. The first kappa shape index (κ1) is 21.4. The van der Waals surface area contributed by atoms with Crippen molar-refractivity contribution in [1.29, 1.82) is 0 Å². The number of Topliss-reactive ketones (excluding diaryl/α,β-unsaturated/α-hetero) is 1. The van der Waals surface area contributed by atoms with Crippen LogP contribution in [0.4, 0.5) is 0 Å². The molecule has 0 spiro atoms. The third-order valence-electron chi connectivity index (χ3n) is 4.14. The molecule has 0 aliphatic carbocycles. The molecule has 0 aliphatic heterocycles. The lowest BCUT2D eigenvalue weighted by Crippen LogP contribution is -2.29. The molecule has 5 nitrogen and oxygen atoms in total. The summed E-state index contributed by atoms with van der Waals surface area (Å²) in [7, 11) is 0. The van der Waals surface area contributed by atoms with Gasteiger partial charge in [-0.25, -0.2) is 9.59 Å². The largest absolute Gasteiger partial charge is 0.459 e. The molecule has 5 heteroatoms. The predicted molar refractivity (Wildman–Crippen MR) is 106 cm³/mol. The summed E-state index contributed by atoms with van der Waals surface area (Å²) in [6.07, 6.45) is -0.0210. The van der Waals surface area contributed by atoms with Crippen molar-refractivity contribution in [2.24, 2.45) is 5.92 Å². The van der Waals surface area contributed by atoms with Crippen LogP contribution in [0.25, 0.3) is 0 Å². The van der Waals surface area contributed by atoms with E-state index in [0.717, 1.165) is 0 Å². The third kappa shape index (κ3) is 6.65. The van der Waals surface area contributed by atoms with Crippen LogP contribution in [0.2, 0.25) is 0 Å². The van der Waals surface area contributed by atoms with E-state index in [9.17, 15) is 14.4 Å². The second kappa shape index (κ2) is 10.4. The number of esters is 2. The smallest absolute Gasteiger partial charge is 0.379 e. The Morgan fingerprint density at radius 1 is 0.750 bits per heavy atom. The molecule has 2 rings (SSSR count). The minimum Gasteiger partial charge on any atom is -0.459 e. The molecule has 0 aliphatic rings. The molecule has 2 unspecified atom stereocenters. The quantitative estimate of drug-likeness (QED) is 0.364. The molecule has 2 atom stereocenters. The first-order valence-corrected chi connectivity index (χ1v) is 9.43. The topological polar surface area (TPSA) is 69.7 Å². The Morgan fingerprint density at radius 3 is 1.82 bits per heavy atom. The monoisotopic (exact) mass is 382 g/mol. The summed E-state index contributed by atoms with van der Waals surface area (Å²) in [5, 5.41) is 0. The molecule has 148 valence electrons. The van der Waals surface area contributed by atoms with Crippen LogP contribution in [0.1, 0.15) is 54.3 Å². The summed E-state index contributed by atoms with van der Waals surface area (Å²) in [6.45, 7) is 5.75. The highest BCUT2D eigenvalue weighted by atomic mass is 16.6. The fraction of sp³-hybridized carbons (Fsp3) is 0.348. The molecule has 0 N–H and O–H groups in total. The standard InChI is InChI=1S/C23H26O5/c1-16(2)14-20(28-22(25)19-12-8-5-9-13-19)15-17(3)27-23(26)21(24)18-10-6-4-7-11-18/h4-13,16-17,20H,14-15H2,1-3H3. The zero-order valence-electron chi connectivity index (χ0n) is 16.5. The summed E-state index contributed by atoms with van der Waals surface area (Å²) in [5.41, 5.74) is 0.758. The van der Waals surface area contributed by atoms with Gasteiger partial charge in [-0.3, -0.25) is 4.79 Å². The van der Waals surface area contributed by atoms with E-state index in [-0.39, 0.29) is 5.56 Å². The fourth-order valence-corrected chi connectivity index (χ4v) is 2.87. The molecule has 0 saturated heterocycles. The molecular weight excluding hydrogens is 356 g/mol. The van der Waals surface area contributed by atoms with Gasteiger partial charge in [0.15, 0.2) is 0 Å². The van der Waals surface area contributed by atoms with Crippen LogP contribution in [0, 0.1) is 5.92 Å². The average Bonchev–Trinajstić information content (AvgIpc) is 2.68. The summed E-state index contributed by atoms with van der Waals surface area (Å²) >= 11 is 0. The molecule has 28 heavy (non-hydrogen) atoms. The van der Waals surface area contributed by atoms with E-state index >= 15 is 0 Å². The first-order valence-electron chi connectivity index (χ1n) is 9.43. The second-order valence-electron chi connectivity index (χ2n) is 7.17. The molecule has 0 heterocycles. The maximum atomic E-state index is 12.3. The molecular formula is C23H26O5. The lowest BCUT2D eigenvalue weighted by atomic mass is 10.0. The fourth-order valence-electron chi connectivity index (χ4n) is 2.87. The van der Waals surface area contributed by atoms with E-state index in [1.54, 1.807) is 61.5 Å². The normalized spacial score (nSPS) is 12.9.